The Morgan fingerprint density at radius 2 is 2.18 bits per heavy atom. The minimum absolute atomic E-state index is 0.117. The Labute approximate surface area is 165 Å². The van der Waals surface area contributed by atoms with Gasteiger partial charge in [0.25, 0.3) is 0 Å². The number of amides is 1. The highest BCUT2D eigenvalue weighted by Gasteiger charge is 2.33. The molecule has 1 saturated carbocycles. The average molecular weight is 377 g/mol. The first kappa shape index (κ1) is 18.5. The van der Waals surface area contributed by atoms with Gasteiger partial charge in [-0.05, 0) is 60.9 Å². The van der Waals surface area contributed by atoms with Crippen molar-refractivity contribution in [3.63, 3.8) is 0 Å². The van der Waals surface area contributed by atoms with Crippen LogP contribution in [0.2, 0.25) is 0 Å². The summed E-state index contributed by atoms with van der Waals surface area (Å²) in [5.41, 5.74) is 3.44. The molecule has 1 aromatic carbocycles. The van der Waals surface area contributed by atoms with Gasteiger partial charge in [0.05, 0.1) is 18.8 Å². The number of ether oxygens (including phenoxy) is 1. The molecule has 0 spiro atoms. The number of carbonyl (C=O) groups excluding carboxylic acids is 1. The van der Waals surface area contributed by atoms with Gasteiger partial charge in [-0.2, -0.15) is 0 Å². The number of rotatable bonds is 8. The molecular weight excluding hydrogens is 350 g/mol. The zero-order valence-corrected chi connectivity index (χ0v) is 16.5. The summed E-state index contributed by atoms with van der Waals surface area (Å²) < 4.78 is 7.44. The molecule has 1 atom stereocenters. The lowest BCUT2D eigenvalue weighted by Gasteiger charge is -2.18. The maximum Gasteiger partial charge on any atom is 0.220 e. The number of aromatic nitrogens is 2. The summed E-state index contributed by atoms with van der Waals surface area (Å²) >= 11 is 0. The zero-order valence-electron chi connectivity index (χ0n) is 16.5. The van der Waals surface area contributed by atoms with Crippen LogP contribution in [-0.2, 0) is 11.2 Å². The van der Waals surface area contributed by atoms with Crippen molar-refractivity contribution in [2.45, 2.75) is 38.5 Å². The van der Waals surface area contributed by atoms with Crippen LogP contribution in [0.5, 0.6) is 5.75 Å². The normalized spacial score (nSPS) is 14.8. The van der Waals surface area contributed by atoms with Gasteiger partial charge in [-0.1, -0.05) is 18.2 Å². The van der Waals surface area contributed by atoms with Crippen molar-refractivity contribution in [2.24, 2.45) is 5.92 Å². The van der Waals surface area contributed by atoms with Gasteiger partial charge in [-0.3, -0.25) is 4.79 Å². The SMILES string of the molecule is COc1ccc(C(CC(=O)NCCc2ncc3ccccn23)C2CC2)cc1C. The quantitative estimate of drug-likeness (QED) is 0.648. The third kappa shape index (κ3) is 4.03. The molecule has 1 aliphatic rings. The molecule has 4 rings (SSSR count). The maximum absolute atomic E-state index is 12.6. The number of fused-ring (bicyclic) bond motifs is 1. The van der Waals surface area contributed by atoms with E-state index < -0.39 is 0 Å². The van der Waals surface area contributed by atoms with Crippen LogP contribution >= 0.6 is 0 Å². The van der Waals surface area contributed by atoms with Crippen LogP contribution in [0.25, 0.3) is 5.52 Å². The van der Waals surface area contributed by atoms with E-state index in [1.54, 1.807) is 7.11 Å². The second-order valence-corrected chi connectivity index (χ2v) is 7.65. The first-order valence-electron chi connectivity index (χ1n) is 9.98. The fourth-order valence-electron chi connectivity index (χ4n) is 3.96. The average Bonchev–Trinajstić information content (AvgIpc) is 3.47. The van der Waals surface area contributed by atoms with Gasteiger partial charge in [-0.15, -0.1) is 0 Å². The third-order valence-corrected chi connectivity index (χ3v) is 5.63. The topological polar surface area (TPSA) is 55.6 Å². The lowest BCUT2D eigenvalue weighted by atomic mass is 9.89. The lowest BCUT2D eigenvalue weighted by Crippen LogP contribution is -2.28. The van der Waals surface area contributed by atoms with Crippen molar-refractivity contribution in [1.82, 2.24) is 14.7 Å². The fourth-order valence-corrected chi connectivity index (χ4v) is 3.96. The first-order chi connectivity index (χ1) is 13.7. The predicted octanol–water partition coefficient (Wildman–Crippen LogP) is 3.89. The van der Waals surface area contributed by atoms with Crippen LogP contribution in [0.15, 0.2) is 48.8 Å². The van der Waals surface area contributed by atoms with Gasteiger partial charge in [-0.25, -0.2) is 4.98 Å². The minimum atomic E-state index is 0.117. The molecular formula is C23H27N3O2. The van der Waals surface area contributed by atoms with Gasteiger partial charge in [0.2, 0.25) is 5.91 Å². The Hall–Kier alpha value is -2.82. The molecule has 0 saturated heterocycles. The number of benzene rings is 1. The minimum Gasteiger partial charge on any atom is -0.496 e. The van der Waals surface area contributed by atoms with E-state index in [2.05, 4.69) is 33.8 Å². The number of nitrogens with one attached hydrogen (secondary N) is 1. The highest BCUT2D eigenvalue weighted by molar-refractivity contribution is 5.77. The number of methoxy groups -OCH3 is 1. The summed E-state index contributed by atoms with van der Waals surface area (Å²) in [5.74, 6) is 2.90. The summed E-state index contributed by atoms with van der Waals surface area (Å²) in [5, 5.41) is 3.09. The van der Waals surface area contributed by atoms with Crippen molar-refractivity contribution in [3.8, 4) is 5.75 Å². The largest absolute Gasteiger partial charge is 0.496 e. The first-order valence-corrected chi connectivity index (χ1v) is 9.98. The van der Waals surface area contributed by atoms with E-state index in [4.69, 9.17) is 4.74 Å². The van der Waals surface area contributed by atoms with E-state index in [1.165, 1.54) is 18.4 Å². The van der Waals surface area contributed by atoms with Crippen molar-refractivity contribution in [1.29, 1.82) is 0 Å². The number of aryl methyl sites for hydroxylation is 1. The molecule has 28 heavy (non-hydrogen) atoms. The predicted molar refractivity (Wildman–Crippen MR) is 110 cm³/mol. The second kappa shape index (κ2) is 8.05. The molecule has 5 nitrogen and oxygen atoms in total. The van der Waals surface area contributed by atoms with Gasteiger partial charge in [0.1, 0.15) is 11.6 Å². The van der Waals surface area contributed by atoms with E-state index in [1.807, 2.05) is 36.7 Å². The Bertz CT molecular complexity index is 975. The number of pyridine rings is 1. The van der Waals surface area contributed by atoms with E-state index in [0.717, 1.165) is 29.1 Å². The van der Waals surface area contributed by atoms with Crippen LogP contribution in [0.1, 0.15) is 42.1 Å². The Morgan fingerprint density at radius 3 is 2.93 bits per heavy atom. The molecule has 0 radical (unpaired) electrons. The Balaban J connectivity index is 1.35. The van der Waals surface area contributed by atoms with Gasteiger partial charge >= 0.3 is 0 Å². The zero-order chi connectivity index (χ0) is 19.5. The molecule has 146 valence electrons. The van der Waals surface area contributed by atoms with E-state index >= 15 is 0 Å². The summed E-state index contributed by atoms with van der Waals surface area (Å²) in [6.45, 7) is 2.66. The standard InChI is InChI=1S/C23H27N3O2/c1-16-13-18(8-9-21(16)28-2)20(17-6-7-17)14-23(27)24-11-10-22-25-15-19-5-3-4-12-26(19)22/h3-5,8-9,12-13,15,17,20H,6-7,10-11,14H2,1-2H3,(H,24,27). The number of nitrogens with zero attached hydrogens (tertiary/aromatic N) is 2. The molecule has 2 heterocycles. The van der Waals surface area contributed by atoms with Crippen LogP contribution in [0.3, 0.4) is 0 Å². The summed E-state index contributed by atoms with van der Waals surface area (Å²) in [6.07, 6.45) is 7.56. The number of hydrogen-bond donors (Lipinski definition) is 1. The van der Waals surface area contributed by atoms with E-state index in [-0.39, 0.29) is 11.8 Å². The highest BCUT2D eigenvalue weighted by atomic mass is 16.5. The van der Waals surface area contributed by atoms with E-state index in [9.17, 15) is 4.79 Å². The summed E-state index contributed by atoms with van der Waals surface area (Å²) in [7, 11) is 1.69. The monoisotopic (exact) mass is 377 g/mol. The second-order valence-electron chi connectivity index (χ2n) is 7.65. The van der Waals surface area contributed by atoms with Crippen LogP contribution < -0.4 is 10.1 Å². The fraction of sp³-hybridized carbons (Fsp3) is 0.391. The number of hydrogen-bond acceptors (Lipinski definition) is 3. The van der Waals surface area contributed by atoms with Gasteiger partial charge < -0.3 is 14.5 Å². The van der Waals surface area contributed by atoms with Crippen molar-refractivity contribution < 1.29 is 9.53 Å². The van der Waals surface area contributed by atoms with Gasteiger partial charge in [0, 0.05) is 25.6 Å². The molecule has 1 fully saturated rings. The Kier molecular flexibility index (Phi) is 5.33. The summed E-state index contributed by atoms with van der Waals surface area (Å²) in [4.78, 5) is 17.1. The van der Waals surface area contributed by atoms with Crippen LogP contribution in [0, 0.1) is 12.8 Å². The van der Waals surface area contributed by atoms with Crippen molar-refractivity contribution >= 4 is 11.4 Å². The van der Waals surface area contributed by atoms with Crippen molar-refractivity contribution in [3.05, 3.63) is 65.7 Å². The molecule has 1 aliphatic carbocycles. The molecule has 1 amide bonds. The maximum atomic E-state index is 12.6. The highest BCUT2D eigenvalue weighted by Crippen LogP contribution is 2.45. The Morgan fingerprint density at radius 1 is 1.32 bits per heavy atom. The number of carbonyl (C=O) groups is 1. The molecule has 5 heteroatoms. The smallest absolute Gasteiger partial charge is 0.220 e. The molecule has 1 unspecified atom stereocenters. The molecule has 3 aromatic rings. The molecule has 1 N–H and O–H groups in total. The lowest BCUT2D eigenvalue weighted by molar-refractivity contribution is -0.121. The summed E-state index contributed by atoms with van der Waals surface area (Å²) in [6, 6.07) is 12.3. The molecule has 0 aliphatic heterocycles. The number of imidazole rings is 1. The van der Waals surface area contributed by atoms with E-state index in [0.29, 0.717) is 18.9 Å². The third-order valence-electron chi connectivity index (χ3n) is 5.63. The van der Waals surface area contributed by atoms with Crippen LogP contribution in [0.4, 0.5) is 0 Å². The van der Waals surface area contributed by atoms with Crippen molar-refractivity contribution in [2.75, 3.05) is 13.7 Å². The van der Waals surface area contributed by atoms with Crippen LogP contribution in [-0.4, -0.2) is 28.9 Å². The molecule has 0 bridgehead atoms. The molecule has 2 aromatic heterocycles. The van der Waals surface area contributed by atoms with Gasteiger partial charge in [0.15, 0.2) is 0 Å².